The lowest BCUT2D eigenvalue weighted by atomic mass is 9.92. The summed E-state index contributed by atoms with van der Waals surface area (Å²) in [7, 11) is 0. The predicted octanol–water partition coefficient (Wildman–Crippen LogP) is 5.48. The minimum absolute atomic E-state index is 0.608. The van der Waals surface area contributed by atoms with Gasteiger partial charge < -0.3 is 10.6 Å². The van der Waals surface area contributed by atoms with Crippen molar-refractivity contribution in [3.05, 3.63) is 0 Å². The van der Waals surface area contributed by atoms with Gasteiger partial charge in [0.05, 0.1) is 0 Å². The van der Waals surface area contributed by atoms with Gasteiger partial charge in [0, 0.05) is 24.7 Å². The van der Waals surface area contributed by atoms with E-state index in [2.05, 4.69) is 79.9 Å². The van der Waals surface area contributed by atoms with E-state index in [4.69, 9.17) is 0 Å². The van der Waals surface area contributed by atoms with Gasteiger partial charge in [0.2, 0.25) is 0 Å². The summed E-state index contributed by atoms with van der Waals surface area (Å²) in [5.41, 5.74) is 0.671. The third-order valence-electron chi connectivity index (χ3n) is 5.06. The second-order valence-electron chi connectivity index (χ2n) is 9.35. The Morgan fingerprint density at radius 2 is 1.30 bits per heavy atom. The van der Waals surface area contributed by atoms with Crippen LogP contribution in [0.5, 0.6) is 0 Å². The molecule has 1 unspecified atom stereocenters. The molecule has 0 aromatic rings. The van der Waals surface area contributed by atoms with Crippen LogP contribution in [-0.4, -0.2) is 24.7 Å². The molecule has 0 saturated heterocycles. The lowest BCUT2D eigenvalue weighted by Gasteiger charge is -2.26. The lowest BCUT2D eigenvalue weighted by molar-refractivity contribution is 0.319. The summed E-state index contributed by atoms with van der Waals surface area (Å²) in [4.78, 5) is 0. The molecule has 1 aliphatic rings. The van der Waals surface area contributed by atoms with Crippen molar-refractivity contribution >= 4 is 0 Å². The number of hydrogen-bond acceptors (Lipinski definition) is 2. The summed E-state index contributed by atoms with van der Waals surface area (Å²) in [6.07, 6.45) is 4.16. The Hall–Kier alpha value is -0.0800. The van der Waals surface area contributed by atoms with Crippen LogP contribution in [0.15, 0.2) is 0 Å². The third kappa shape index (κ3) is 10.4. The van der Waals surface area contributed by atoms with Gasteiger partial charge in [-0.1, -0.05) is 69.2 Å². The van der Waals surface area contributed by atoms with E-state index in [0.29, 0.717) is 23.5 Å². The SMILES string of the molecule is CC(C)CC(NC(C)C)C(C)C.CC(C)NCC1(C(C)C)CC1. The highest BCUT2D eigenvalue weighted by Gasteiger charge is 2.44. The summed E-state index contributed by atoms with van der Waals surface area (Å²) in [5.74, 6) is 2.40. The molecule has 1 saturated carbocycles. The van der Waals surface area contributed by atoms with Crippen molar-refractivity contribution in [3.63, 3.8) is 0 Å². The van der Waals surface area contributed by atoms with Crippen LogP contribution in [0.4, 0.5) is 0 Å². The molecule has 1 fully saturated rings. The van der Waals surface area contributed by atoms with Crippen molar-refractivity contribution in [2.24, 2.45) is 23.2 Å². The minimum Gasteiger partial charge on any atom is -0.314 e. The average molecular weight is 327 g/mol. The molecule has 0 spiro atoms. The van der Waals surface area contributed by atoms with Crippen LogP contribution < -0.4 is 10.6 Å². The minimum atomic E-state index is 0.608. The van der Waals surface area contributed by atoms with Crippen LogP contribution in [0.1, 0.15) is 88.5 Å². The molecule has 23 heavy (non-hydrogen) atoms. The first-order chi connectivity index (χ1) is 10.5. The maximum Gasteiger partial charge on any atom is 0.00948 e. The molecule has 1 atom stereocenters. The fourth-order valence-electron chi connectivity index (χ4n) is 2.99. The van der Waals surface area contributed by atoms with Gasteiger partial charge in [-0.3, -0.25) is 0 Å². The molecule has 2 N–H and O–H groups in total. The van der Waals surface area contributed by atoms with Crippen LogP contribution in [0.25, 0.3) is 0 Å². The normalized spacial score (nSPS) is 17.9. The van der Waals surface area contributed by atoms with Crippen molar-refractivity contribution in [2.45, 2.75) is 107 Å². The van der Waals surface area contributed by atoms with E-state index in [0.717, 1.165) is 17.8 Å². The first-order valence-electron chi connectivity index (χ1n) is 9.99. The van der Waals surface area contributed by atoms with Crippen LogP contribution in [-0.2, 0) is 0 Å². The van der Waals surface area contributed by atoms with Gasteiger partial charge in [-0.15, -0.1) is 0 Å². The second kappa shape index (κ2) is 10.7. The average Bonchev–Trinajstić information content (AvgIpc) is 3.16. The van der Waals surface area contributed by atoms with E-state index in [-0.39, 0.29) is 0 Å². The van der Waals surface area contributed by atoms with Crippen molar-refractivity contribution in [1.82, 2.24) is 10.6 Å². The number of hydrogen-bond donors (Lipinski definition) is 2. The molecule has 2 nitrogen and oxygen atoms in total. The number of rotatable bonds is 9. The maximum absolute atomic E-state index is 3.61. The van der Waals surface area contributed by atoms with E-state index in [1.54, 1.807) is 0 Å². The Balaban J connectivity index is 0.000000422. The van der Waals surface area contributed by atoms with Crippen LogP contribution >= 0.6 is 0 Å². The molecule has 140 valence electrons. The van der Waals surface area contributed by atoms with Gasteiger partial charge in [-0.05, 0) is 42.4 Å². The Morgan fingerprint density at radius 1 is 0.783 bits per heavy atom. The first-order valence-corrected chi connectivity index (χ1v) is 9.99. The maximum atomic E-state index is 3.61. The molecule has 0 amide bonds. The molecule has 0 radical (unpaired) electrons. The van der Waals surface area contributed by atoms with Crippen molar-refractivity contribution in [2.75, 3.05) is 6.54 Å². The molecule has 0 aromatic heterocycles. The van der Waals surface area contributed by atoms with E-state index in [1.807, 2.05) is 0 Å². The van der Waals surface area contributed by atoms with Crippen LogP contribution in [0.3, 0.4) is 0 Å². The molecular formula is C21H46N2. The summed E-state index contributed by atoms with van der Waals surface area (Å²) >= 11 is 0. The van der Waals surface area contributed by atoms with Crippen LogP contribution in [0.2, 0.25) is 0 Å². The summed E-state index contributed by atoms with van der Waals surface area (Å²) in [6, 6.07) is 1.94. The quantitative estimate of drug-likeness (QED) is 0.586. The molecule has 1 aliphatic carbocycles. The number of nitrogens with one attached hydrogen (secondary N) is 2. The first kappa shape index (κ1) is 22.9. The summed E-state index contributed by atoms with van der Waals surface area (Å²) in [6.45, 7) is 23.9. The summed E-state index contributed by atoms with van der Waals surface area (Å²) in [5, 5.41) is 7.14. The van der Waals surface area contributed by atoms with Crippen LogP contribution in [0, 0.1) is 23.2 Å². The topological polar surface area (TPSA) is 24.1 Å². The van der Waals surface area contributed by atoms with Gasteiger partial charge >= 0.3 is 0 Å². The van der Waals surface area contributed by atoms with E-state index in [1.165, 1.54) is 25.8 Å². The Morgan fingerprint density at radius 3 is 1.57 bits per heavy atom. The highest BCUT2D eigenvalue weighted by atomic mass is 14.9. The smallest absolute Gasteiger partial charge is 0.00948 e. The van der Waals surface area contributed by atoms with E-state index in [9.17, 15) is 0 Å². The van der Waals surface area contributed by atoms with Gasteiger partial charge in [-0.2, -0.15) is 0 Å². The van der Waals surface area contributed by atoms with E-state index >= 15 is 0 Å². The van der Waals surface area contributed by atoms with Gasteiger partial charge in [-0.25, -0.2) is 0 Å². The molecule has 0 aromatic carbocycles. The van der Waals surface area contributed by atoms with Crippen molar-refractivity contribution in [1.29, 1.82) is 0 Å². The molecule has 0 bridgehead atoms. The highest BCUT2D eigenvalue weighted by molar-refractivity contribution is 4.97. The third-order valence-corrected chi connectivity index (χ3v) is 5.06. The summed E-state index contributed by atoms with van der Waals surface area (Å²) < 4.78 is 0. The lowest BCUT2D eigenvalue weighted by Crippen LogP contribution is -2.39. The van der Waals surface area contributed by atoms with Gasteiger partial charge in [0.1, 0.15) is 0 Å². The largest absolute Gasteiger partial charge is 0.314 e. The molecule has 1 rings (SSSR count). The molecule has 0 aliphatic heterocycles. The zero-order chi connectivity index (χ0) is 18.2. The Kier molecular flexibility index (Phi) is 10.7. The van der Waals surface area contributed by atoms with Crippen molar-refractivity contribution < 1.29 is 0 Å². The predicted molar refractivity (Wildman–Crippen MR) is 106 cm³/mol. The zero-order valence-corrected chi connectivity index (χ0v) is 17.8. The molecule has 2 heteroatoms. The molecule has 0 heterocycles. The molecular weight excluding hydrogens is 280 g/mol. The van der Waals surface area contributed by atoms with Gasteiger partial charge in [0.15, 0.2) is 0 Å². The highest BCUT2D eigenvalue weighted by Crippen LogP contribution is 2.51. The zero-order valence-electron chi connectivity index (χ0n) is 17.8. The van der Waals surface area contributed by atoms with Gasteiger partial charge in [0.25, 0.3) is 0 Å². The fraction of sp³-hybridized carbons (Fsp3) is 1.00. The Bertz CT molecular complexity index is 278. The standard InChI is InChI=1S/C11H25N.C10H21N/c1-8(2)7-11(9(3)4)12-10(5)6;1-8(2)10(5-6-10)7-11-9(3)4/h8-12H,7H2,1-6H3;8-9,11H,5-7H2,1-4H3. The monoisotopic (exact) mass is 326 g/mol. The van der Waals surface area contributed by atoms with E-state index < -0.39 is 0 Å². The Labute approximate surface area is 147 Å². The fourth-order valence-corrected chi connectivity index (χ4v) is 2.99. The second-order valence-corrected chi connectivity index (χ2v) is 9.35. The van der Waals surface area contributed by atoms with Crippen molar-refractivity contribution in [3.8, 4) is 0 Å².